The van der Waals surface area contributed by atoms with Crippen molar-refractivity contribution in [1.29, 1.82) is 0 Å². The highest BCUT2D eigenvalue weighted by molar-refractivity contribution is 5.44. The molecule has 0 radical (unpaired) electrons. The molecule has 4 rings (SSSR count). The van der Waals surface area contributed by atoms with Gasteiger partial charge in [0.05, 0.1) is 0 Å². The summed E-state index contributed by atoms with van der Waals surface area (Å²) in [4.78, 5) is 9.07. The third-order valence-corrected chi connectivity index (χ3v) is 4.09. The molecule has 6 heteroatoms. The number of benzene rings is 1. The molecule has 0 amide bonds. The summed E-state index contributed by atoms with van der Waals surface area (Å²) in [5.74, 6) is 2.33. The van der Waals surface area contributed by atoms with Gasteiger partial charge in [0.2, 0.25) is 12.7 Å². The number of rotatable bonds is 5. The van der Waals surface area contributed by atoms with E-state index in [0.717, 1.165) is 47.2 Å². The third kappa shape index (κ3) is 3.34. The lowest BCUT2D eigenvalue weighted by molar-refractivity contribution is 0.174. The van der Waals surface area contributed by atoms with Gasteiger partial charge in [-0.25, -0.2) is 9.97 Å². The van der Waals surface area contributed by atoms with Gasteiger partial charge in [-0.1, -0.05) is 6.07 Å². The molecular formula is C19H20N4O2. The van der Waals surface area contributed by atoms with E-state index in [4.69, 9.17) is 9.47 Å². The maximum atomic E-state index is 5.42. The van der Waals surface area contributed by atoms with Crippen LogP contribution in [0.3, 0.4) is 0 Å². The van der Waals surface area contributed by atoms with Crippen molar-refractivity contribution in [2.75, 3.05) is 6.79 Å². The van der Waals surface area contributed by atoms with E-state index in [9.17, 15) is 0 Å². The average molecular weight is 336 g/mol. The summed E-state index contributed by atoms with van der Waals surface area (Å²) in [5.41, 5.74) is 4.21. The van der Waals surface area contributed by atoms with Crippen molar-refractivity contribution in [3.63, 3.8) is 0 Å². The lowest BCUT2D eigenvalue weighted by atomic mass is 10.2. The van der Waals surface area contributed by atoms with Gasteiger partial charge in [0.1, 0.15) is 0 Å². The van der Waals surface area contributed by atoms with Crippen LogP contribution in [-0.2, 0) is 13.1 Å². The summed E-state index contributed by atoms with van der Waals surface area (Å²) in [6.45, 7) is 5.74. The molecule has 0 saturated heterocycles. The largest absolute Gasteiger partial charge is 0.454 e. The second kappa shape index (κ2) is 6.57. The van der Waals surface area contributed by atoms with E-state index < -0.39 is 0 Å². The van der Waals surface area contributed by atoms with Gasteiger partial charge >= 0.3 is 0 Å². The fourth-order valence-electron chi connectivity index (χ4n) is 2.96. The van der Waals surface area contributed by atoms with Crippen LogP contribution >= 0.6 is 0 Å². The molecule has 25 heavy (non-hydrogen) atoms. The molecule has 3 heterocycles. The molecule has 0 aliphatic carbocycles. The summed E-state index contributed by atoms with van der Waals surface area (Å²) in [7, 11) is 0. The fraction of sp³-hybridized carbons (Fsp3) is 0.263. The van der Waals surface area contributed by atoms with Crippen LogP contribution in [0, 0.1) is 13.8 Å². The van der Waals surface area contributed by atoms with E-state index in [0.29, 0.717) is 12.7 Å². The van der Waals surface area contributed by atoms with Crippen LogP contribution in [0.25, 0.3) is 5.95 Å². The molecule has 6 nitrogen and oxygen atoms in total. The lowest BCUT2D eigenvalue weighted by Crippen LogP contribution is -2.16. The standard InChI is InChI=1S/C19H20N4O2/c1-13-8-14(2)22-19(21-13)23-7-3-4-16(23)11-20-10-15-5-6-17-18(9-15)25-12-24-17/h3-9,20H,10-12H2,1-2H3. The van der Waals surface area contributed by atoms with Crippen LogP contribution in [0.1, 0.15) is 22.6 Å². The molecule has 1 N–H and O–H groups in total. The number of fused-ring (bicyclic) bond motifs is 1. The highest BCUT2D eigenvalue weighted by Gasteiger charge is 2.13. The Kier molecular flexibility index (Phi) is 4.11. The summed E-state index contributed by atoms with van der Waals surface area (Å²) in [6.07, 6.45) is 1.99. The van der Waals surface area contributed by atoms with E-state index in [1.54, 1.807) is 0 Å². The molecule has 1 aromatic carbocycles. The Bertz CT molecular complexity index is 884. The Balaban J connectivity index is 1.45. The minimum atomic E-state index is 0.301. The highest BCUT2D eigenvalue weighted by Crippen LogP contribution is 2.32. The molecule has 0 atom stereocenters. The van der Waals surface area contributed by atoms with Crippen molar-refractivity contribution in [2.45, 2.75) is 26.9 Å². The zero-order valence-electron chi connectivity index (χ0n) is 14.3. The van der Waals surface area contributed by atoms with Gasteiger partial charge in [-0.05, 0) is 49.7 Å². The monoisotopic (exact) mass is 336 g/mol. The Morgan fingerprint density at radius 3 is 2.64 bits per heavy atom. The predicted octanol–water partition coefficient (Wildman–Crippen LogP) is 2.90. The van der Waals surface area contributed by atoms with Crippen molar-refractivity contribution >= 4 is 0 Å². The molecule has 0 spiro atoms. The normalized spacial score (nSPS) is 12.6. The van der Waals surface area contributed by atoms with E-state index in [1.807, 2.05) is 54.9 Å². The smallest absolute Gasteiger partial charge is 0.234 e. The topological polar surface area (TPSA) is 61.2 Å². The zero-order valence-corrected chi connectivity index (χ0v) is 14.3. The highest BCUT2D eigenvalue weighted by atomic mass is 16.7. The SMILES string of the molecule is Cc1cc(C)nc(-n2cccc2CNCc2ccc3c(c2)OCO3)n1. The van der Waals surface area contributed by atoms with Crippen LogP contribution in [0.4, 0.5) is 0 Å². The van der Waals surface area contributed by atoms with Crippen LogP contribution in [0.5, 0.6) is 11.5 Å². The van der Waals surface area contributed by atoms with Crippen molar-refractivity contribution in [3.8, 4) is 17.4 Å². The van der Waals surface area contributed by atoms with Crippen molar-refractivity contribution < 1.29 is 9.47 Å². The third-order valence-electron chi connectivity index (χ3n) is 4.09. The van der Waals surface area contributed by atoms with E-state index in [2.05, 4.69) is 21.4 Å². The molecule has 0 bridgehead atoms. The molecule has 128 valence electrons. The minimum absolute atomic E-state index is 0.301. The van der Waals surface area contributed by atoms with Crippen molar-refractivity contribution in [3.05, 3.63) is 65.2 Å². The first-order chi connectivity index (χ1) is 12.2. The number of aromatic nitrogens is 3. The van der Waals surface area contributed by atoms with Gasteiger partial charge in [-0.2, -0.15) is 0 Å². The predicted molar refractivity (Wildman–Crippen MR) is 93.9 cm³/mol. The van der Waals surface area contributed by atoms with Crippen LogP contribution < -0.4 is 14.8 Å². The van der Waals surface area contributed by atoms with Crippen molar-refractivity contribution in [1.82, 2.24) is 19.9 Å². The lowest BCUT2D eigenvalue weighted by Gasteiger charge is -2.10. The van der Waals surface area contributed by atoms with E-state index in [1.165, 1.54) is 0 Å². The Hall–Kier alpha value is -2.86. The Labute approximate surface area is 146 Å². The number of hydrogen-bond acceptors (Lipinski definition) is 5. The Morgan fingerprint density at radius 1 is 1.00 bits per heavy atom. The fourth-order valence-corrected chi connectivity index (χ4v) is 2.96. The summed E-state index contributed by atoms with van der Waals surface area (Å²) in [6, 6.07) is 12.1. The second-order valence-electron chi connectivity index (χ2n) is 6.11. The van der Waals surface area contributed by atoms with E-state index >= 15 is 0 Å². The molecule has 0 saturated carbocycles. The first-order valence-corrected chi connectivity index (χ1v) is 8.27. The minimum Gasteiger partial charge on any atom is -0.454 e. The molecule has 3 aromatic rings. The summed E-state index contributed by atoms with van der Waals surface area (Å²) >= 11 is 0. The number of hydrogen-bond donors (Lipinski definition) is 1. The maximum Gasteiger partial charge on any atom is 0.234 e. The zero-order chi connectivity index (χ0) is 17.2. The number of nitrogens with zero attached hydrogens (tertiary/aromatic N) is 3. The first-order valence-electron chi connectivity index (χ1n) is 8.27. The molecule has 0 unspecified atom stereocenters. The molecule has 2 aromatic heterocycles. The van der Waals surface area contributed by atoms with Gasteiger partial charge < -0.3 is 14.8 Å². The molecule has 1 aliphatic heterocycles. The Morgan fingerprint density at radius 2 is 1.80 bits per heavy atom. The van der Waals surface area contributed by atoms with Crippen molar-refractivity contribution in [2.24, 2.45) is 0 Å². The number of ether oxygens (including phenoxy) is 2. The quantitative estimate of drug-likeness (QED) is 0.776. The molecule has 0 fully saturated rings. The number of nitrogens with one attached hydrogen (secondary N) is 1. The first kappa shape index (κ1) is 15.7. The second-order valence-corrected chi connectivity index (χ2v) is 6.11. The van der Waals surface area contributed by atoms with Gasteiger partial charge in [-0.15, -0.1) is 0 Å². The van der Waals surface area contributed by atoms with E-state index in [-0.39, 0.29) is 0 Å². The molecule has 1 aliphatic rings. The molecular weight excluding hydrogens is 316 g/mol. The van der Waals surface area contributed by atoms with Crippen LogP contribution in [0.2, 0.25) is 0 Å². The summed E-state index contributed by atoms with van der Waals surface area (Å²) < 4.78 is 12.8. The van der Waals surface area contributed by atoms with Gasteiger partial charge in [0, 0.05) is 36.4 Å². The average Bonchev–Trinajstić information content (AvgIpc) is 3.22. The van der Waals surface area contributed by atoms with Gasteiger partial charge in [-0.3, -0.25) is 4.57 Å². The maximum absolute atomic E-state index is 5.42. The van der Waals surface area contributed by atoms with Crippen LogP contribution in [-0.4, -0.2) is 21.3 Å². The van der Waals surface area contributed by atoms with Gasteiger partial charge in [0.25, 0.3) is 0 Å². The van der Waals surface area contributed by atoms with Crippen LogP contribution in [0.15, 0.2) is 42.6 Å². The number of aryl methyl sites for hydroxylation is 2. The van der Waals surface area contributed by atoms with Gasteiger partial charge in [0.15, 0.2) is 11.5 Å². The summed E-state index contributed by atoms with van der Waals surface area (Å²) in [5, 5.41) is 3.46.